The molecule has 0 spiro atoms. The quantitative estimate of drug-likeness (QED) is 0.595. The van der Waals surface area contributed by atoms with Gasteiger partial charge in [0, 0.05) is 38.2 Å². The van der Waals surface area contributed by atoms with E-state index < -0.39 is 0 Å². The second kappa shape index (κ2) is 8.95. The van der Waals surface area contributed by atoms with Crippen LogP contribution in [0, 0.1) is 0 Å². The first-order valence-corrected chi connectivity index (χ1v) is 9.13. The van der Waals surface area contributed by atoms with Crippen LogP contribution in [-0.4, -0.2) is 13.2 Å². The van der Waals surface area contributed by atoms with E-state index in [1.54, 1.807) is 19.2 Å². The molecule has 0 saturated heterocycles. The molecule has 2 aromatic carbocycles. The Bertz CT molecular complexity index is 687. The van der Waals surface area contributed by atoms with Crippen LogP contribution in [0.5, 0.6) is 11.5 Å². The molecule has 0 bridgehead atoms. The average Bonchev–Trinajstić information content (AvgIpc) is 2.53. The lowest BCUT2D eigenvalue weighted by Crippen LogP contribution is -2.22. The maximum absolute atomic E-state index is 6.23. The van der Waals surface area contributed by atoms with Gasteiger partial charge in [0.15, 0.2) is 11.5 Å². The van der Waals surface area contributed by atoms with Gasteiger partial charge in [-0.25, -0.2) is 0 Å². The molecule has 0 fully saturated rings. The van der Waals surface area contributed by atoms with Crippen LogP contribution in [0.4, 0.5) is 0 Å². The highest BCUT2D eigenvalue weighted by Crippen LogP contribution is 2.37. The Balaban J connectivity index is 2.31. The standard InChI is InChI=1S/C18H20BrCl2NO2/c1-11(2)22-9-12-14(19)7-8-17(23-3)18(12)24-10-13-15(20)5-4-6-16(13)21/h4-8,11,22H,9-10H2,1-3H3. The van der Waals surface area contributed by atoms with Gasteiger partial charge in [-0.3, -0.25) is 0 Å². The Morgan fingerprint density at radius 3 is 2.33 bits per heavy atom. The SMILES string of the molecule is COc1ccc(Br)c(CNC(C)C)c1OCc1c(Cl)cccc1Cl. The third-order valence-electron chi connectivity index (χ3n) is 3.50. The fourth-order valence-corrected chi connectivity index (χ4v) is 3.15. The van der Waals surface area contributed by atoms with Gasteiger partial charge >= 0.3 is 0 Å². The highest BCUT2D eigenvalue weighted by Gasteiger charge is 2.16. The lowest BCUT2D eigenvalue weighted by molar-refractivity contribution is 0.280. The Morgan fingerprint density at radius 2 is 1.75 bits per heavy atom. The van der Waals surface area contributed by atoms with Crippen molar-refractivity contribution in [2.24, 2.45) is 0 Å². The molecule has 0 heterocycles. The minimum atomic E-state index is 0.264. The molecule has 0 saturated carbocycles. The molecule has 0 amide bonds. The Hall–Kier alpha value is -0.940. The molecule has 130 valence electrons. The first-order chi connectivity index (χ1) is 11.4. The topological polar surface area (TPSA) is 30.5 Å². The van der Waals surface area contributed by atoms with Gasteiger partial charge in [-0.1, -0.05) is 59.0 Å². The van der Waals surface area contributed by atoms with Crippen LogP contribution in [0.2, 0.25) is 10.0 Å². The van der Waals surface area contributed by atoms with Crippen molar-refractivity contribution in [1.29, 1.82) is 0 Å². The molecule has 0 radical (unpaired) electrons. The number of rotatable bonds is 7. The summed E-state index contributed by atoms with van der Waals surface area (Å²) in [6.45, 7) is 5.11. The fourth-order valence-electron chi connectivity index (χ4n) is 2.19. The van der Waals surface area contributed by atoms with E-state index in [1.165, 1.54) is 0 Å². The van der Waals surface area contributed by atoms with Crippen molar-refractivity contribution in [3.63, 3.8) is 0 Å². The van der Waals surface area contributed by atoms with Crippen LogP contribution < -0.4 is 14.8 Å². The van der Waals surface area contributed by atoms with E-state index in [9.17, 15) is 0 Å². The molecule has 1 N–H and O–H groups in total. The summed E-state index contributed by atoms with van der Waals surface area (Å²) < 4.78 is 12.5. The smallest absolute Gasteiger partial charge is 0.167 e. The first kappa shape index (κ1) is 19.4. The van der Waals surface area contributed by atoms with Gasteiger partial charge in [-0.05, 0) is 24.3 Å². The van der Waals surface area contributed by atoms with Crippen LogP contribution >= 0.6 is 39.1 Å². The van der Waals surface area contributed by atoms with Gasteiger partial charge in [-0.15, -0.1) is 0 Å². The van der Waals surface area contributed by atoms with Crippen molar-refractivity contribution in [3.8, 4) is 11.5 Å². The minimum absolute atomic E-state index is 0.264. The monoisotopic (exact) mass is 431 g/mol. The van der Waals surface area contributed by atoms with Crippen molar-refractivity contribution in [2.45, 2.75) is 33.0 Å². The van der Waals surface area contributed by atoms with Gasteiger partial charge in [-0.2, -0.15) is 0 Å². The number of methoxy groups -OCH3 is 1. The normalized spacial score (nSPS) is 11.0. The summed E-state index contributed by atoms with van der Waals surface area (Å²) in [5.41, 5.74) is 1.75. The Labute approximate surface area is 161 Å². The lowest BCUT2D eigenvalue weighted by atomic mass is 10.1. The molecule has 0 aliphatic heterocycles. The molecule has 2 rings (SSSR count). The van der Waals surface area contributed by atoms with E-state index >= 15 is 0 Å². The van der Waals surface area contributed by atoms with Crippen molar-refractivity contribution >= 4 is 39.1 Å². The van der Waals surface area contributed by atoms with Crippen molar-refractivity contribution < 1.29 is 9.47 Å². The van der Waals surface area contributed by atoms with Gasteiger partial charge in [0.2, 0.25) is 0 Å². The maximum atomic E-state index is 6.23. The largest absolute Gasteiger partial charge is 0.493 e. The van der Waals surface area contributed by atoms with E-state index in [2.05, 4.69) is 35.1 Å². The Morgan fingerprint density at radius 1 is 1.08 bits per heavy atom. The number of hydrogen-bond acceptors (Lipinski definition) is 3. The van der Waals surface area contributed by atoms with Crippen molar-refractivity contribution in [2.75, 3.05) is 7.11 Å². The van der Waals surface area contributed by atoms with Crippen LogP contribution in [0.1, 0.15) is 25.0 Å². The summed E-state index contributed by atoms with van der Waals surface area (Å²) in [6.07, 6.45) is 0. The fraction of sp³-hybridized carbons (Fsp3) is 0.333. The highest BCUT2D eigenvalue weighted by molar-refractivity contribution is 9.10. The van der Waals surface area contributed by atoms with E-state index in [0.29, 0.717) is 34.1 Å². The highest BCUT2D eigenvalue weighted by atomic mass is 79.9. The van der Waals surface area contributed by atoms with Gasteiger partial charge in [0.1, 0.15) is 6.61 Å². The number of benzene rings is 2. The summed E-state index contributed by atoms with van der Waals surface area (Å²) in [7, 11) is 1.62. The van der Waals surface area contributed by atoms with Gasteiger partial charge < -0.3 is 14.8 Å². The summed E-state index contributed by atoms with van der Waals surface area (Å²) in [4.78, 5) is 0. The van der Waals surface area contributed by atoms with Gasteiger partial charge in [0.25, 0.3) is 0 Å². The third kappa shape index (κ3) is 4.79. The van der Waals surface area contributed by atoms with Crippen LogP contribution in [0.3, 0.4) is 0 Å². The van der Waals surface area contributed by atoms with E-state index in [4.69, 9.17) is 32.7 Å². The predicted molar refractivity (Wildman–Crippen MR) is 103 cm³/mol. The summed E-state index contributed by atoms with van der Waals surface area (Å²) in [5.74, 6) is 1.35. The zero-order valence-corrected chi connectivity index (χ0v) is 16.9. The summed E-state index contributed by atoms with van der Waals surface area (Å²) >= 11 is 16.0. The average molecular weight is 433 g/mol. The van der Waals surface area contributed by atoms with E-state index in [0.717, 1.165) is 15.6 Å². The molecule has 24 heavy (non-hydrogen) atoms. The number of ether oxygens (including phenoxy) is 2. The van der Waals surface area contributed by atoms with Crippen LogP contribution in [-0.2, 0) is 13.2 Å². The molecule has 6 heteroatoms. The minimum Gasteiger partial charge on any atom is -0.493 e. The van der Waals surface area contributed by atoms with Crippen molar-refractivity contribution in [3.05, 3.63) is 56.0 Å². The third-order valence-corrected chi connectivity index (χ3v) is 4.95. The number of nitrogens with one attached hydrogen (secondary N) is 1. The van der Waals surface area contributed by atoms with E-state index in [1.807, 2.05) is 18.2 Å². The first-order valence-electron chi connectivity index (χ1n) is 7.58. The summed E-state index contributed by atoms with van der Waals surface area (Å²) in [6, 6.07) is 9.58. The second-order valence-corrected chi connectivity index (χ2v) is 7.25. The molecule has 3 nitrogen and oxygen atoms in total. The zero-order valence-electron chi connectivity index (χ0n) is 13.8. The number of hydrogen-bond donors (Lipinski definition) is 1. The summed E-state index contributed by atoms with van der Waals surface area (Å²) in [5, 5.41) is 4.56. The van der Waals surface area contributed by atoms with Crippen LogP contribution in [0.15, 0.2) is 34.8 Å². The van der Waals surface area contributed by atoms with Crippen molar-refractivity contribution in [1.82, 2.24) is 5.32 Å². The molecule has 0 aromatic heterocycles. The second-order valence-electron chi connectivity index (χ2n) is 5.58. The molecular weight excluding hydrogens is 413 g/mol. The molecule has 0 atom stereocenters. The van der Waals surface area contributed by atoms with Crippen LogP contribution in [0.25, 0.3) is 0 Å². The molecule has 0 unspecified atom stereocenters. The molecular formula is C18H20BrCl2NO2. The van der Waals surface area contributed by atoms with Gasteiger partial charge in [0.05, 0.1) is 7.11 Å². The number of halogens is 3. The predicted octanol–water partition coefficient (Wildman–Crippen LogP) is 5.84. The maximum Gasteiger partial charge on any atom is 0.167 e. The molecule has 0 aliphatic carbocycles. The molecule has 0 aliphatic rings. The zero-order chi connectivity index (χ0) is 17.7. The lowest BCUT2D eigenvalue weighted by Gasteiger charge is -2.18. The Kier molecular flexibility index (Phi) is 7.23. The molecule has 2 aromatic rings. The van der Waals surface area contributed by atoms with E-state index in [-0.39, 0.29) is 6.61 Å².